The van der Waals surface area contributed by atoms with E-state index < -0.39 is 11.6 Å². The molecule has 0 saturated heterocycles. The molecule has 33 heavy (non-hydrogen) atoms. The van der Waals surface area contributed by atoms with Crippen LogP contribution in [-0.2, 0) is 22.5 Å². The first kappa shape index (κ1) is 24.3. The highest BCUT2D eigenvalue weighted by Crippen LogP contribution is 2.31. The number of esters is 1. The Bertz CT molecular complexity index is 1170. The van der Waals surface area contributed by atoms with Gasteiger partial charge in [0.1, 0.15) is 23.7 Å². The second kappa shape index (κ2) is 10.1. The highest BCUT2D eigenvalue weighted by molar-refractivity contribution is 6.07. The summed E-state index contributed by atoms with van der Waals surface area (Å²) >= 11 is 0. The van der Waals surface area contributed by atoms with Crippen LogP contribution in [0.5, 0.6) is 0 Å². The van der Waals surface area contributed by atoms with E-state index in [-0.39, 0.29) is 12.3 Å². The van der Waals surface area contributed by atoms with Gasteiger partial charge in [-0.3, -0.25) is 14.3 Å². The van der Waals surface area contributed by atoms with E-state index in [2.05, 4.69) is 27.7 Å². The van der Waals surface area contributed by atoms with Gasteiger partial charge in [-0.25, -0.2) is 9.97 Å². The summed E-state index contributed by atoms with van der Waals surface area (Å²) in [4.78, 5) is 33.7. The first-order valence-electron chi connectivity index (χ1n) is 11.2. The SMILES string of the molecule is C=CCCCCc1cc(-c2cnc(C)nc2)cc2c(C(C)=O)nn(CC(=O)OC(C)(C)C)c12. The lowest BCUT2D eigenvalue weighted by molar-refractivity contribution is -0.155. The lowest BCUT2D eigenvalue weighted by atomic mass is 9.97. The van der Waals surface area contributed by atoms with E-state index in [1.807, 2.05) is 39.8 Å². The molecule has 3 aromatic rings. The van der Waals surface area contributed by atoms with E-state index in [1.54, 1.807) is 17.1 Å². The molecular formula is C26H32N4O3. The molecule has 0 N–H and O–H groups in total. The normalized spacial score (nSPS) is 11.5. The Morgan fingerprint density at radius 1 is 1.12 bits per heavy atom. The maximum Gasteiger partial charge on any atom is 0.328 e. The number of ether oxygens (including phenoxy) is 1. The predicted octanol–water partition coefficient (Wildman–Crippen LogP) is 5.24. The largest absolute Gasteiger partial charge is 0.459 e. The molecule has 0 bridgehead atoms. The molecule has 0 aliphatic carbocycles. The highest BCUT2D eigenvalue weighted by Gasteiger charge is 2.23. The number of fused-ring (bicyclic) bond motifs is 1. The van der Waals surface area contributed by atoms with Gasteiger partial charge in [0.25, 0.3) is 0 Å². The van der Waals surface area contributed by atoms with Crippen LogP contribution in [0.25, 0.3) is 22.0 Å². The van der Waals surface area contributed by atoms with Crippen LogP contribution in [0.4, 0.5) is 0 Å². The van der Waals surface area contributed by atoms with E-state index >= 15 is 0 Å². The van der Waals surface area contributed by atoms with Crippen LogP contribution in [-0.4, -0.2) is 37.1 Å². The van der Waals surface area contributed by atoms with Gasteiger partial charge in [0.2, 0.25) is 0 Å². The van der Waals surface area contributed by atoms with Gasteiger partial charge in [0.05, 0.1) is 5.52 Å². The number of carbonyl (C=O) groups is 2. The standard InChI is InChI=1S/C26H32N4O3/c1-7-8-9-10-11-19-12-20(21-14-27-18(3)28-15-21)13-22-24(17(2)31)29-30(25(19)22)16-23(32)33-26(4,5)6/h7,12-15H,1,8-11,16H2,2-6H3. The molecule has 0 aliphatic heterocycles. The van der Waals surface area contributed by atoms with Crippen molar-refractivity contribution in [3.63, 3.8) is 0 Å². The van der Waals surface area contributed by atoms with Crippen molar-refractivity contribution >= 4 is 22.7 Å². The summed E-state index contributed by atoms with van der Waals surface area (Å²) in [6.45, 7) is 12.5. The van der Waals surface area contributed by atoms with Crippen LogP contribution in [0.1, 0.15) is 68.8 Å². The van der Waals surface area contributed by atoms with Crippen LogP contribution >= 0.6 is 0 Å². The number of Topliss-reactive ketones (excluding diaryl/α,β-unsaturated/α-hetero) is 1. The number of aromatic nitrogens is 4. The smallest absolute Gasteiger partial charge is 0.328 e. The summed E-state index contributed by atoms with van der Waals surface area (Å²) in [6, 6.07) is 4.02. The molecular weight excluding hydrogens is 416 g/mol. The van der Waals surface area contributed by atoms with Gasteiger partial charge in [0, 0.05) is 30.3 Å². The number of carbonyl (C=O) groups excluding carboxylic acids is 2. The molecule has 0 spiro atoms. The minimum absolute atomic E-state index is 0.0618. The Balaban J connectivity index is 2.14. The van der Waals surface area contributed by atoms with Crippen molar-refractivity contribution in [3.8, 4) is 11.1 Å². The summed E-state index contributed by atoms with van der Waals surface area (Å²) in [6.07, 6.45) is 9.14. The van der Waals surface area contributed by atoms with Gasteiger partial charge in [-0.2, -0.15) is 5.10 Å². The number of hydrogen-bond donors (Lipinski definition) is 0. The molecule has 2 heterocycles. The van der Waals surface area contributed by atoms with Gasteiger partial charge in [-0.05, 0) is 76.6 Å². The zero-order chi connectivity index (χ0) is 24.2. The van der Waals surface area contributed by atoms with Gasteiger partial charge in [0.15, 0.2) is 5.78 Å². The quantitative estimate of drug-likeness (QED) is 0.192. The lowest BCUT2D eigenvalue weighted by Gasteiger charge is -2.19. The Kier molecular flexibility index (Phi) is 7.41. The number of allylic oxidation sites excluding steroid dienone is 1. The number of hydrogen-bond acceptors (Lipinski definition) is 6. The minimum atomic E-state index is -0.602. The van der Waals surface area contributed by atoms with Crippen molar-refractivity contribution in [2.45, 2.75) is 72.4 Å². The zero-order valence-electron chi connectivity index (χ0n) is 20.1. The topological polar surface area (TPSA) is 87.0 Å². The Labute approximate surface area is 194 Å². The van der Waals surface area contributed by atoms with Crippen LogP contribution in [0, 0.1) is 6.92 Å². The average Bonchev–Trinajstić information content (AvgIpc) is 3.09. The molecule has 0 saturated carbocycles. The van der Waals surface area contributed by atoms with Crippen LogP contribution in [0.3, 0.4) is 0 Å². The fourth-order valence-corrected chi connectivity index (χ4v) is 3.78. The first-order chi connectivity index (χ1) is 15.6. The molecule has 1 aromatic carbocycles. The molecule has 0 radical (unpaired) electrons. The fourth-order valence-electron chi connectivity index (χ4n) is 3.78. The second-order valence-corrected chi connectivity index (χ2v) is 9.23. The van der Waals surface area contributed by atoms with Crippen LogP contribution in [0.2, 0.25) is 0 Å². The van der Waals surface area contributed by atoms with Crippen LogP contribution < -0.4 is 0 Å². The number of nitrogens with zero attached hydrogens (tertiary/aromatic N) is 4. The van der Waals surface area contributed by atoms with E-state index in [1.165, 1.54) is 6.92 Å². The number of aryl methyl sites for hydroxylation is 2. The summed E-state index contributed by atoms with van der Waals surface area (Å²) in [5.74, 6) is 0.146. The molecule has 7 nitrogen and oxygen atoms in total. The van der Waals surface area contributed by atoms with Gasteiger partial charge < -0.3 is 4.74 Å². The molecule has 0 atom stereocenters. The maximum atomic E-state index is 12.6. The van der Waals surface area contributed by atoms with Crippen LogP contribution in [0.15, 0.2) is 37.2 Å². The van der Waals surface area contributed by atoms with Crippen molar-refractivity contribution in [1.82, 2.24) is 19.7 Å². The van der Waals surface area contributed by atoms with E-state index in [0.717, 1.165) is 53.3 Å². The molecule has 0 unspecified atom stereocenters. The van der Waals surface area contributed by atoms with E-state index in [0.29, 0.717) is 11.5 Å². The second-order valence-electron chi connectivity index (χ2n) is 9.23. The molecule has 7 heteroatoms. The summed E-state index contributed by atoms with van der Waals surface area (Å²) in [7, 11) is 0. The average molecular weight is 449 g/mol. The van der Waals surface area contributed by atoms with Crippen molar-refractivity contribution in [2.24, 2.45) is 0 Å². The van der Waals surface area contributed by atoms with Gasteiger partial charge in [-0.1, -0.05) is 6.08 Å². The van der Waals surface area contributed by atoms with Gasteiger partial charge in [-0.15, -0.1) is 6.58 Å². The molecule has 3 rings (SSSR count). The van der Waals surface area contributed by atoms with Gasteiger partial charge >= 0.3 is 5.97 Å². The molecule has 0 fully saturated rings. The molecule has 0 aliphatic rings. The number of unbranched alkanes of at least 4 members (excludes halogenated alkanes) is 2. The molecule has 0 amide bonds. The predicted molar refractivity (Wildman–Crippen MR) is 129 cm³/mol. The first-order valence-corrected chi connectivity index (χ1v) is 11.2. The number of rotatable bonds is 9. The van der Waals surface area contributed by atoms with E-state index in [4.69, 9.17) is 4.74 Å². The third kappa shape index (κ3) is 6.12. The summed E-state index contributed by atoms with van der Waals surface area (Å²) in [5, 5.41) is 5.26. The monoisotopic (exact) mass is 448 g/mol. The summed E-state index contributed by atoms with van der Waals surface area (Å²) < 4.78 is 7.11. The fraction of sp³-hybridized carbons (Fsp3) is 0.423. The number of ketones is 1. The van der Waals surface area contributed by atoms with E-state index in [9.17, 15) is 9.59 Å². The Morgan fingerprint density at radius 3 is 2.42 bits per heavy atom. The Morgan fingerprint density at radius 2 is 1.82 bits per heavy atom. The minimum Gasteiger partial charge on any atom is -0.459 e. The van der Waals surface area contributed by atoms with Crippen molar-refractivity contribution < 1.29 is 14.3 Å². The lowest BCUT2D eigenvalue weighted by Crippen LogP contribution is -2.27. The third-order valence-corrected chi connectivity index (χ3v) is 5.17. The molecule has 174 valence electrons. The van der Waals surface area contributed by atoms with Crippen molar-refractivity contribution in [1.29, 1.82) is 0 Å². The maximum absolute atomic E-state index is 12.6. The number of benzene rings is 1. The van der Waals surface area contributed by atoms with Crippen molar-refractivity contribution in [2.75, 3.05) is 0 Å². The third-order valence-electron chi connectivity index (χ3n) is 5.17. The molecule has 2 aromatic heterocycles. The van der Waals surface area contributed by atoms with Crippen molar-refractivity contribution in [3.05, 3.63) is 54.3 Å². The Hall–Kier alpha value is -3.35. The summed E-state index contributed by atoms with van der Waals surface area (Å²) in [5.41, 5.74) is 3.34. The highest BCUT2D eigenvalue weighted by atomic mass is 16.6. The zero-order valence-corrected chi connectivity index (χ0v) is 20.1.